The summed E-state index contributed by atoms with van der Waals surface area (Å²) in [6.45, 7) is 2.35. The molecule has 7 heteroatoms. The Morgan fingerprint density at radius 3 is 2.85 bits per heavy atom. The number of imide groups is 1. The van der Waals surface area contributed by atoms with E-state index < -0.39 is 6.04 Å². The highest BCUT2D eigenvalue weighted by Crippen LogP contribution is 2.38. The lowest BCUT2D eigenvalue weighted by atomic mass is 10.0. The summed E-state index contributed by atoms with van der Waals surface area (Å²) < 4.78 is 0. The van der Waals surface area contributed by atoms with Gasteiger partial charge in [0.15, 0.2) is 0 Å². The van der Waals surface area contributed by atoms with Crippen LogP contribution in [-0.2, 0) is 22.7 Å². The molecule has 2 saturated heterocycles. The lowest BCUT2D eigenvalue weighted by Gasteiger charge is -2.29. The number of carbonyl (C=O) groups is 3. The highest BCUT2D eigenvalue weighted by atomic mass is 16.2. The van der Waals surface area contributed by atoms with Crippen molar-refractivity contribution in [1.29, 1.82) is 0 Å². The highest BCUT2D eigenvalue weighted by Gasteiger charge is 2.50. The number of amides is 3. The molecule has 0 bridgehead atoms. The van der Waals surface area contributed by atoms with E-state index in [1.54, 1.807) is 4.90 Å². The zero-order valence-electron chi connectivity index (χ0n) is 15.2. The van der Waals surface area contributed by atoms with E-state index in [4.69, 9.17) is 0 Å². The van der Waals surface area contributed by atoms with Crippen LogP contribution >= 0.6 is 0 Å². The smallest absolute Gasteiger partial charge is 0.255 e. The van der Waals surface area contributed by atoms with Gasteiger partial charge in [0.2, 0.25) is 11.8 Å². The Hall–Kier alpha value is -2.25. The van der Waals surface area contributed by atoms with Gasteiger partial charge in [-0.3, -0.25) is 19.7 Å². The van der Waals surface area contributed by atoms with Crippen LogP contribution in [0.2, 0.25) is 0 Å². The first kappa shape index (κ1) is 16.9. The minimum Gasteiger partial charge on any atom is -0.322 e. The van der Waals surface area contributed by atoms with Gasteiger partial charge in [0.1, 0.15) is 6.04 Å². The molecular formula is C20H24N4O3. The average molecular weight is 368 g/mol. The summed E-state index contributed by atoms with van der Waals surface area (Å²) >= 11 is 0. The summed E-state index contributed by atoms with van der Waals surface area (Å²) in [5.41, 5.74) is 2.80. The maximum absolute atomic E-state index is 12.7. The molecule has 3 heterocycles. The lowest BCUT2D eigenvalue weighted by Crippen LogP contribution is -2.52. The summed E-state index contributed by atoms with van der Waals surface area (Å²) in [5, 5.41) is 9.55. The molecule has 3 amide bonds. The van der Waals surface area contributed by atoms with Crippen LogP contribution in [-0.4, -0.2) is 47.3 Å². The van der Waals surface area contributed by atoms with E-state index >= 15 is 0 Å². The summed E-state index contributed by atoms with van der Waals surface area (Å²) in [7, 11) is 0. The van der Waals surface area contributed by atoms with Crippen LogP contribution in [0.3, 0.4) is 0 Å². The van der Waals surface area contributed by atoms with Crippen molar-refractivity contribution in [2.45, 2.75) is 56.9 Å². The predicted molar refractivity (Wildman–Crippen MR) is 97.6 cm³/mol. The molecule has 3 fully saturated rings. The molecule has 1 aromatic rings. The monoisotopic (exact) mass is 368 g/mol. The van der Waals surface area contributed by atoms with Crippen molar-refractivity contribution >= 4 is 17.7 Å². The number of nitrogens with one attached hydrogen (secondary N) is 3. The van der Waals surface area contributed by atoms with Gasteiger partial charge in [-0.05, 0) is 48.9 Å². The summed E-state index contributed by atoms with van der Waals surface area (Å²) in [6.07, 6.45) is 3.24. The van der Waals surface area contributed by atoms with E-state index in [1.165, 1.54) is 12.8 Å². The second kappa shape index (κ2) is 6.42. The molecule has 3 aliphatic heterocycles. The third-order valence-corrected chi connectivity index (χ3v) is 6.39. The number of piperidine rings is 2. The van der Waals surface area contributed by atoms with Crippen molar-refractivity contribution in [2.24, 2.45) is 5.92 Å². The molecular weight excluding hydrogens is 344 g/mol. The zero-order chi connectivity index (χ0) is 18.5. The van der Waals surface area contributed by atoms with Crippen molar-refractivity contribution in [3.8, 4) is 0 Å². The predicted octanol–water partition coefficient (Wildman–Crippen LogP) is 0.288. The van der Waals surface area contributed by atoms with Crippen LogP contribution in [0.1, 0.15) is 47.2 Å². The van der Waals surface area contributed by atoms with Crippen LogP contribution in [0, 0.1) is 5.92 Å². The molecule has 4 unspecified atom stereocenters. The molecule has 142 valence electrons. The molecule has 1 aromatic carbocycles. The van der Waals surface area contributed by atoms with Gasteiger partial charge in [0.05, 0.1) is 0 Å². The van der Waals surface area contributed by atoms with Gasteiger partial charge in [-0.2, -0.15) is 0 Å². The van der Waals surface area contributed by atoms with Gasteiger partial charge < -0.3 is 15.5 Å². The Morgan fingerprint density at radius 1 is 1.19 bits per heavy atom. The fourth-order valence-corrected chi connectivity index (χ4v) is 4.87. The molecule has 27 heavy (non-hydrogen) atoms. The van der Waals surface area contributed by atoms with Crippen LogP contribution in [0.25, 0.3) is 0 Å². The first-order chi connectivity index (χ1) is 13.1. The molecule has 7 nitrogen and oxygen atoms in total. The topological polar surface area (TPSA) is 90.5 Å². The second-order valence-corrected chi connectivity index (χ2v) is 8.08. The molecule has 1 aliphatic carbocycles. The van der Waals surface area contributed by atoms with Crippen molar-refractivity contribution in [3.05, 3.63) is 34.9 Å². The summed E-state index contributed by atoms with van der Waals surface area (Å²) in [4.78, 5) is 37.8. The van der Waals surface area contributed by atoms with Crippen LogP contribution < -0.4 is 16.0 Å². The van der Waals surface area contributed by atoms with Crippen molar-refractivity contribution < 1.29 is 14.4 Å². The molecule has 0 aromatic heterocycles. The first-order valence-corrected chi connectivity index (χ1v) is 9.85. The van der Waals surface area contributed by atoms with E-state index in [2.05, 4.69) is 22.0 Å². The summed E-state index contributed by atoms with van der Waals surface area (Å²) in [6, 6.07) is 6.58. The standard InChI is InChI=1S/C20H24N4O3/c25-16-6-5-15(19(26)23-16)24-10-12-8-11(3-4-13(12)20(24)27)9-22-18-14-2-1-7-21-17(14)18/h3-4,8,14-15,17-18,21-22H,1-2,5-7,9-10H2,(H,23,25,26). The molecule has 3 N–H and O–H groups in total. The number of hydrogen-bond acceptors (Lipinski definition) is 5. The van der Waals surface area contributed by atoms with Gasteiger partial charge in [-0.15, -0.1) is 0 Å². The van der Waals surface area contributed by atoms with Crippen LogP contribution in [0.15, 0.2) is 18.2 Å². The Labute approximate surface area is 157 Å². The molecule has 4 aliphatic rings. The normalized spacial score (nSPS) is 32.1. The van der Waals surface area contributed by atoms with Gasteiger partial charge in [-0.25, -0.2) is 0 Å². The number of nitrogens with zero attached hydrogens (tertiary/aromatic N) is 1. The van der Waals surface area contributed by atoms with Gasteiger partial charge in [0, 0.05) is 37.2 Å². The Bertz CT molecular complexity index is 811. The molecule has 1 saturated carbocycles. The third kappa shape index (κ3) is 2.95. The minimum atomic E-state index is -0.551. The third-order valence-electron chi connectivity index (χ3n) is 6.39. The van der Waals surface area contributed by atoms with E-state index in [0.717, 1.165) is 30.1 Å². The quantitative estimate of drug-likeness (QED) is 0.665. The lowest BCUT2D eigenvalue weighted by molar-refractivity contribution is -0.136. The van der Waals surface area contributed by atoms with Crippen LogP contribution in [0.5, 0.6) is 0 Å². The first-order valence-electron chi connectivity index (χ1n) is 9.85. The number of fused-ring (bicyclic) bond motifs is 2. The minimum absolute atomic E-state index is 0.114. The maximum atomic E-state index is 12.7. The molecule has 5 rings (SSSR count). The number of hydrogen-bond donors (Lipinski definition) is 3. The summed E-state index contributed by atoms with van der Waals surface area (Å²) in [5.74, 6) is 0.0243. The van der Waals surface area contributed by atoms with Gasteiger partial charge in [0.25, 0.3) is 5.91 Å². The Kier molecular flexibility index (Phi) is 4.02. The molecule has 0 spiro atoms. The number of carbonyl (C=O) groups excluding carboxylic acids is 3. The van der Waals surface area contributed by atoms with E-state index in [0.29, 0.717) is 30.6 Å². The average Bonchev–Trinajstić information content (AvgIpc) is 3.28. The number of rotatable bonds is 4. The molecule has 0 radical (unpaired) electrons. The van der Waals surface area contributed by atoms with Crippen molar-refractivity contribution in [1.82, 2.24) is 20.9 Å². The zero-order valence-corrected chi connectivity index (χ0v) is 15.2. The van der Waals surface area contributed by atoms with E-state index in [1.807, 2.05) is 12.1 Å². The SMILES string of the molecule is O=C1CCC(N2Cc3cc(CNC4C5CCCNC54)ccc3C2=O)C(=O)N1. The fraction of sp³-hybridized carbons (Fsp3) is 0.550. The highest BCUT2D eigenvalue weighted by molar-refractivity contribution is 6.05. The number of benzene rings is 1. The Morgan fingerprint density at radius 2 is 2.07 bits per heavy atom. The maximum Gasteiger partial charge on any atom is 0.255 e. The van der Waals surface area contributed by atoms with E-state index in [-0.39, 0.29) is 24.1 Å². The molecule has 4 atom stereocenters. The largest absolute Gasteiger partial charge is 0.322 e. The van der Waals surface area contributed by atoms with Gasteiger partial charge in [-0.1, -0.05) is 12.1 Å². The van der Waals surface area contributed by atoms with Crippen molar-refractivity contribution in [2.75, 3.05) is 6.54 Å². The van der Waals surface area contributed by atoms with Crippen LogP contribution in [0.4, 0.5) is 0 Å². The van der Waals surface area contributed by atoms with E-state index in [9.17, 15) is 14.4 Å². The second-order valence-electron chi connectivity index (χ2n) is 8.08. The van der Waals surface area contributed by atoms with Gasteiger partial charge >= 0.3 is 0 Å². The van der Waals surface area contributed by atoms with Crippen molar-refractivity contribution in [3.63, 3.8) is 0 Å². The fourth-order valence-electron chi connectivity index (χ4n) is 4.87. The Balaban J connectivity index is 1.25.